The molecule has 134 valence electrons. The molecule has 2 aromatic rings. The van der Waals surface area contributed by atoms with E-state index < -0.39 is 0 Å². The number of rotatable bonds is 6. The van der Waals surface area contributed by atoms with E-state index in [1.165, 1.54) is 0 Å². The molecule has 2 N–H and O–H groups in total. The van der Waals surface area contributed by atoms with Crippen LogP contribution in [0.5, 0.6) is 5.75 Å². The normalized spacial score (nSPS) is 15.1. The van der Waals surface area contributed by atoms with Crippen molar-refractivity contribution >= 4 is 43.5 Å². The highest BCUT2D eigenvalue weighted by atomic mass is 79.9. The van der Waals surface area contributed by atoms with E-state index in [0.29, 0.717) is 18.0 Å². The maximum absolute atomic E-state index is 12.2. The quantitative estimate of drug-likeness (QED) is 0.675. The second-order valence-corrected chi connectivity index (χ2v) is 7.27. The van der Waals surface area contributed by atoms with Crippen LogP contribution in [-0.4, -0.2) is 55.2 Å². The third-order valence-electron chi connectivity index (χ3n) is 3.86. The first-order valence-electron chi connectivity index (χ1n) is 8.00. The highest BCUT2D eigenvalue weighted by Crippen LogP contribution is 2.24. The predicted molar refractivity (Wildman–Crippen MR) is 103 cm³/mol. The molecule has 25 heavy (non-hydrogen) atoms. The fraction of sp³-hybridized carbons (Fsp3) is 0.353. The van der Waals surface area contributed by atoms with Gasteiger partial charge in [-0.1, -0.05) is 0 Å². The molecule has 0 aliphatic carbocycles. The minimum absolute atomic E-state index is 0.201. The SMILES string of the molecule is O=C(Nc1ccc(OCCN2CCOCC2)cc1)c1cc(Br)c(Br)[nH]1. The molecule has 1 amide bonds. The number of nitrogens with one attached hydrogen (secondary N) is 2. The van der Waals surface area contributed by atoms with E-state index in [-0.39, 0.29) is 5.91 Å². The highest BCUT2D eigenvalue weighted by molar-refractivity contribution is 9.13. The van der Waals surface area contributed by atoms with Crippen molar-refractivity contribution in [2.45, 2.75) is 0 Å². The van der Waals surface area contributed by atoms with E-state index in [2.05, 4.69) is 47.1 Å². The van der Waals surface area contributed by atoms with Gasteiger partial charge in [-0.15, -0.1) is 0 Å². The molecule has 8 heteroatoms. The fourth-order valence-electron chi connectivity index (χ4n) is 2.48. The first-order chi connectivity index (χ1) is 12.1. The zero-order valence-electron chi connectivity index (χ0n) is 13.6. The number of hydrogen-bond acceptors (Lipinski definition) is 4. The largest absolute Gasteiger partial charge is 0.492 e. The summed E-state index contributed by atoms with van der Waals surface area (Å²) in [6.07, 6.45) is 0. The molecule has 1 saturated heterocycles. The molecular formula is C17H19Br2N3O3. The lowest BCUT2D eigenvalue weighted by Gasteiger charge is -2.26. The topological polar surface area (TPSA) is 66.6 Å². The molecule has 1 aromatic heterocycles. The van der Waals surface area contributed by atoms with Crippen LogP contribution in [0.25, 0.3) is 0 Å². The predicted octanol–water partition coefficient (Wildman–Crippen LogP) is 3.50. The van der Waals surface area contributed by atoms with Crippen LogP contribution in [0.1, 0.15) is 10.5 Å². The number of H-pyrrole nitrogens is 1. The molecular weight excluding hydrogens is 454 g/mol. The van der Waals surface area contributed by atoms with Crippen molar-refractivity contribution in [2.24, 2.45) is 0 Å². The van der Waals surface area contributed by atoms with Crippen molar-refractivity contribution in [2.75, 3.05) is 44.8 Å². The van der Waals surface area contributed by atoms with Gasteiger partial charge in [0.1, 0.15) is 18.1 Å². The Kier molecular flexibility index (Phi) is 6.52. The van der Waals surface area contributed by atoms with Crippen LogP contribution in [0.3, 0.4) is 0 Å². The summed E-state index contributed by atoms with van der Waals surface area (Å²) in [4.78, 5) is 17.5. The number of halogens is 2. The number of ether oxygens (including phenoxy) is 2. The molecule has 0 saturated carbocycles. The summed E-state index contributed by atoms with van der Waals surface area (Å²) in [5.41, 5.74) is 1.19. The lowest BCUT2D eigenvalue weighted by molar-refractivity contribution is 0.0322. The van der Waals surface area contributed by atoms with E-state index in [0.717, 1.165) is 47.7 Å². The number of carbonyl (C=O) groups excluding carboxylic acids is 1. The van der Waals surface area contributed by atoms with E-state index >= 15 is 0 Å². The minimum atomic E-state index is -0.201. The molecule has 0 radical (unpaired) electrons. The van der Waals surface area contributed by atoms with Gasteiger partial charge in [-0.05, 0) is 62.2 Å². The Labute approximate surface area is 163 Å². The number of nitrogens with zero attached hydrogens (tertiary/aromatic N) is 1. The summed E-state index contributed by atoms with van der Waals surface area (Å²) in [6.45, 7) is 5.03. The zero-order valence-corrected chi connectivity index (χ0v) is 16.7. The smallest absolute Gasteiger partial charge is 0.272 e. The number of benzene rings is 1. The minimum Gasteiger partial charge on any atom is -0.492 e. The van der Waals surface area contributed by atoms with E-state index in [1.54, 1.807) is 6.07 Å². The molecule has 0 bridgehead atoms. The molecule has 1 fully saturated rings. The highest BCUT2D eigenvalue weighted by Gasteiger charge is 2.12. The van der Waals surface area contributed by atoms with E-state index in [4.69, 9.17) is 9.47 Å². The number of aromatic amines is 1. The summed E-state index contributed by atoms with van der Waals surface area (Å²) < 4.78 is 12.6. The Morgan fingerprint density at radius 3 is 2.60 bits per heavy atom. The Balaban J connectivity index is 1.47. The number of anilines is 1. The first kappa shape index (κ1) is 18.4. The van der Waals surface area contributed by atoms with Gasteiger partial charge in [0.25, 0.3) is 5.91 Å². The van der Waals surface area contributed by atoms with Crippen molar-refractivity contribution in [3.05, 3.63) is 45.1 Å². The summed E-state index contributed by atoms with van der Waals surface area (Å²) in [6, 6.07) is 9.09. The number of morpholine rings is 1. The van der Waals surface area contributed by atoms with Crippen LogP contribution in [-0.2, 0) is 4.74 Å². The molecule has 1 aliphatic rings. The van der Waals surface area contributed by atoms with E-state index in [9.17, 15) is 4.79 Å². The van der Waals surface area contributed by atoms with Crippen LogP contribution >= 0.6 is 31.9 Å². The molecule has 3 rings (SSSR count). The van der Waals surface area contributed by atoms with Crippen molar-refractivity contribution in [3.63, 3.8) is 0 Å². The van der Waals surface area contributed by atoms with Gasteiger partial charge < -0.3 is 19.8 Å². The van der Waals surface area contributed by atoms with Gasteiger partial charge in [-0.25, -0.2) is 0 Å². The molecule has 0 atom stereocenters. The lowest BCUT2D eigenvalue weighted by atomic mass is 10.3. The molecule has 1 aromatic carbocycles. The van der Waals surface area contributed by atoms with Crippen molar-refractivity contribution in [1.82, 2.24) is 9.88 Å². The maximum Gasteiger partial charge on any atom is 0.272 e. The second kappa shape index (κ2) is 8.84. The molecule has 0 spiro atoms. The molecule has 0 unspecified atom stereocenters. The number of hydrogen-bond donors (Lipinski definition) is 2. The number of carbonyl (C=O) groups is 1. The van der Waals surface area contributed by atoms with Crippen LogP contribution in [0.2, 0.25) is 0 Å². The fourth-order valence-corrected chi connectivity index (χ4v) is 3.13. The van der Waals surface area contributed by atoms with Gasteiger partial charge >= 0.3 is 0 Å². The van der Waals surface area contributed by atoms with Crippen LogP contribution < -0.4 is 10.1 Å². The van der Waals surface area contributed by atoms with Gasteiger partial charge in [0.15, 0.2) is 0 Å². The van der Waals surface area contributed by atoms with Gasteiger partial charge in [0, 0.05) is 25.3 Å². The third kappa shape index (κ3) is 5.31. The maximum atomic E-state index is 12.2. The number of amides is 1. The van der Waals surface area contributed by atoms with Crippen molar-refractivity contribution in [3.8, 4) is 5.75 Å². The molecule has 2 heterocycles. The second-order valence-electron chi connectivity index (χ2n) is 5.63. The average molecular weight is 473 g/mol. The first-order valence-corrected chi connectivity index (χ1v) is 9.59. The molecule has 6 nitrogen and oxygen atoms in total. The standard InChI is InChI=1S/C17H19Br2N3O3/c18-14-11-15(21-16(14)19)17(23)20-12-1-3-13(4-2-12)25-10-7-22-5-8-24-9-6-22/h1-4,11,21H,5-10H2,(H,20,23). The Morgan fingerprint density at radius 1 is 1.24 bits per heavy atom. The Hall–Kier alpha value is -1.35. The lowest BCUT2D eigenvalue weighted by Crippen LogP contribution is -2.38. The van der Waals surface area contributed by atoms with Crippen molar-refractivity contribution < 1.29 is 14.3 Å². The van der Waals surface area contributed by atoms with Crippen LogP contribution in [0, 0.1) is 0 Å². The Morgan fingerprint density at radius 2 is 1.96 bits per heavy atom. The van der Waals surface area contributed by atoms with Gasteiger partial charge in [-0.3, -0.25) is 9.69 Å². The summed E-state index contributed by atoms with van der Waals surface area (Å²) in [7, 11) is 0. The third-order valence-corrected chi connectivity index (χ3v) is 5.64. The summed E-state index contributed by atoms with van der Waals surface area (Å²) >= 11 is 6.67. The average Bonchev–Trinajstić information content (AvgIpc) is 2.97. The van der Waals surface area contributed by atoms with Crippen molar-refractivity contribution in [1.29, 1.82) is 0 Å². The Bertz CT molecular complexity index is 693. The monoisotopic (exact) mass is 471 g/mol. The van der Waals surface area contributed by atoms with Crippen LogP contribution in [0.15, 0.2) is 39.4 Å². The van der Waals surface area contributed by atoms with Crippen LogP contribution in [0.4, 0.5) is 5.69 Å². The van der Waals surface area contributed by atoms with Gasteiger partial charge in [0.05, 0.1) is 22.3 Å². The zero-order chi connectivity index (χ0) is 17.6. The van der Waals surface area contributed by atoms with Gasteiger partial charge in [-0.2, -0.15) is 0 Å². The van der Waals surface area contributed by atoms with Gasteiger partial charge in [0.2, 0.25) is 0 Å². The number of aromatic nitrogens is 1. The van der Waals surface area contributed by atoms with E-state index in [1.807, 2.05) is 24.3 Å². The summed E-state index contributed by atoms with van der Waals surface area (Å²) in [5.74, 6) is 0.587. The molecule has 1 aliphatic heterocycles. The summed E-state index contributed by atoms with van der Waals surface area (Å²) in [5, 5.41) is 2.84.